The molecule has 0 aromatic heterocycles. The highest BCUT2D eigenvalue weighted by Gasteiger charge is 2.31. The van der Waals surface area contributed by atoms with E-state index in [4.69, 9.17) is 0 Å². The first-order chi connectivity index (χ1) is 11.7. The van der Waals surface area contributed by atoms with E-state index >= 15 is 0 Å². The van der Waals surface area contributed by atoms with Crippen molar-refractivity contribution in [1.82, 2.24) is 10.6 Å². The third kappa shape index (κ3) is 4.22. The molecule has 1 aliphatic rings. The summed E-state index contributed by atoms with van der Waals surface area (Å²) in [6.45, 7) is 1.63. The summed E-state index contributed by atoms with van der Waals surface area (Å²) in [5, 5.41) is 16.4. The number of carbonyl (C=O) groups excluding carboxylic acids is 1. The van der Waals surface area contributed by atoms with Crippen LogP contribution in [0, 0.1) is 0 Å². The van der Waals surface area contributed by atoms with E-state index in [2.05, 4.69) is 34.9 Å². The number of benzene rings is 2. The van der Waals surface area contributed by atoms with Crippen molar-refractivity contribution in [1.29, 1.82) is 0 Å². The minimum absolute atomic E-state index is 0.0174. The van der Waals surface area contributed by atoms with Gasteiger partial charge < -0.3 is 15.7 Å². The molecule has 24 heavy (non-hydrogen) atoms. The average Bonchev–Trinajstić information content (AvgIpc) is 3.06. The molecule has 0 saturated carbocycles. The van der Waals surface area contributed by atoms with Gasteiger partial charge in [-0.15, -0.1) is 0 Å². The zero-order chi connectivity index (χ0) is 16.8. The number of rotatable bonds is 6. The van der Waals surface area contributed by atoms with Crippen LogP contribution < -0.4 is 10.6 Å². The van der Waals surface area contributed by atoms with Crippen molar-refractivity contribution in [2.45, 2.75) is 24.4 Å². The zero-order valence-corrected chi connectivity index (χ0v) is 13.7. The average molecular weight is 324 g/mol. The Morgan fingerprint density at radius 1 is 1.08 bits per heavy atom. The summed E-state index contributed by atoms with van der Waals surface area (Å²) in [6, 6.07) is 20.2. The summed E-state index contributed by atoms with van der Waals surface area (Å²) in [7, 11) is 0. The van der Waals surface area contributed by atoms with Crippen LogP contribution >= 0.6 is 0 Å². The molecule has 0 aliphatic carbocycles. The quantitative estimate of drug-likeness (QED) is 0.762. The highest BCUT2D eigenvalue weighted by Crippen LogP contribution is 2.27. The molecule has 4 nitrogen and oxygen atoms in total. The standard InChI is InChI=1S/C20H24N2O2/c23-19(22-15-20(24)11-12-21-14-20)13-18(16-7-3-1-4-8-16)17-9-5-2-6-10-17/h1-10,18,21,24H,11-15H2,(H,22,23)/t20-/m1/s1. The van der Waals surface area contributed by atoms with Crippen molar-refractivity contribution in [3.63, 3.8) is 0 Å². The molecule has 4 heteroatoms. The van der Waals surface area contributed by atoms with Crippen molar-refractivity contribution >= 4 is 5.91 Å². The van der Waals surface area contributed by atoms with Crippen LogP contribution in [-0.2, 0) is 4.79 Å². The van der Waals surface area contributed by atoms with Crippen LogP contribution in [0.5, 0.6) is 0 Å². The van der Waals surface area contributed by atoms with Crippen molar-refractivity contribution in [3.8, 4) is 0 Å². The lowest BCUT2D eigenvalue weighted by Crippen LogP contribution is -2.44. The van der Waals surface area contributed by atoms with E-state index in [-0.39, 0.29) is 11.8 Å². The molecule has 0 unspecified atom stereocenters. The lowest BCUT2D eigenvalue weighted by Gasteiger charge is -2.23. The smallest absolute Gasteiger partial charge is 0.221 e. The van der Waals surface area contributed by atoms with Gasteiger partial charge >= 0.3 is 0 Å². The molecule has 0 radical (unpaired) electrons. The van der Waals surface area contributed by atoms with Crippen LogP contribution in [0.3, 0.4) is 0 Å². The predicted octanol–water partition coefficient (Wildman–Crippen LogP) is 2.05. The van der Waals surface area contributed by atoms with Gasteiger partial charge in [0, 0.05) is 25.4 Å². The molecule has 126 valence electrons. The van der Waals surface area contributed by atoms with Crippen molar-refractivity contribution in [2.24, 2.45) is 0 Å². The Kier molecular flexibility index (Phi) is 5.28. The van der Waals surface area contributed by atoms with E-state index < -0.39 is 5.60 Å². The van der Waals surface area contributed by atoms with E-state index in [1.807, 2.05) is 36.4 Å². The zero-order valence-electron chi connectivity index (χ0n) is 13.7. The molecule has 1 atom stereocenters. The summed E-state index contributed by atoms with van der Waals surface area (Å²) in [5.74, 6) is -0.0169. The van der Waals surface area contributed by atoms with Crippen LogP contribution in [0.25, 0.3) is 0 Å². The van der Waals surface area contributed by atoms with E-state index in [1.165, 1.54) is 0 Å². The van der Waals surface area contributed by atoms with Gasteiger partial charge in [0.2, 0.25) is 5.91 Å². The van der Waals surface area contributed by atoms with Gasteiger partial charge in [-0.2, -0.15) is 0 Å². The Bertz CT molecular complexity index is 612. The first-order valence-electron chi connectivity index (χ1n) is 8.46. The fourth-order valence-electron chi connectivity index (χ4n) is 3.20. The van der Waals surface area contributed by atoms with E-state index in [9.17, 15) is 9.90 Å². The lowest BCUT2D eigenvalue weighted by molar-refractivity contribution is -0.122. The van der Waals surface area contributed by atoms with Gasteiger partial charge in [0.15, 0.2) is 0 Å². The highest BCUT2D eigenvalue weighted by molar-refractivity contribution is 5.77. The van der Waals surface area contributed by atoms with Crippen LogP contribution in [0.4, 0.5) is 0 Å². The van der Waals surface area contributed by atoms with Crippen LogP contribution in [0.2, 0.25) is 0 Å². The molecule has 0 bridgehead atoms. The van der Waals surface area contributed by atoms with Crippen LogP contribution in [0.15, 0.2) is 60.7 Å². The van der Waals surface area contributed by atoms with E-state index in [1.54, 1.807) is 0 Å². The fourth-order valence-corrected chi connectivity index (χ4v) is 3.20. The maximum atomic E-state index is 12.5. The molecular formula is C20H24N2O2. The fraction of sp³-hybridized carbons (Fsp3) is 0.350. The third-order valence-corrected chi connectivity index (χ3v) is 4.63. The third-order valence-electron chi connectivity index (χ3n) is 4.63. The van der Waals surface area contributed by atoms with Gasteiger partial charge in [-0.3, -0.25) is 4.79 Å². The number of β-amino-alcohol motifs (C(OH)–C–C–N with tert-alkyl or cyclic N) is 1. The van der Waals surface area contributed by atoms with E-state index in [0.717, 1.165) is 17.7 Å². The molecular weight excluding hydrogens is 300 g/mol. The number of hydrogen-bond donors (Lipinski definition) is 3. The molecule has 1 aliphatic heterocycles. The lowest BCUT2D eigenvalue weighted by atomic mass is 9.88. The number of hydrogen-bond acceptors (Lipinski definition) is 3. The van der Waals surface area contributed by atoms with Crippen LogP contribution in [0.1, 0.15) is 29.9 Å². The first-order valence-corrected chi connectivity index (χ1v) is 8.46. The maximum absolute atomic E-state index is 12.5. The Morgan fingerprint density at radius 3 is 2.17 bits per heavy atom. The van der Waals surface area contributed by atoms with Crippen LogP contribution in [-0.4, -0.2) is 36.2 Å². The monoisotopic (exact) mass is 324 g/mol. The Hall–Kier alpha value is -2.17. The van der Waals surface area contributed by atoms with E-state index in [0.29, 0.717) is 25.9 Å². The SMILES string of the molecule is O=C(CC(c1ccccc1)c1ccccc1)NC[C@@]1(O)CCNC1. The number of aliphatic hydroxyl groups is 1. The molecule has 0 spiro atoms. The summed E-state index contributed by atoms with van der Waals surface area (Å²) < 4.78 is 0. The van der Waals surface area contributed by atoms with Crippen molar-refractivity contribution in [2.75, 3.05) is 19.6 Å². The molecule has 1 fully saturated rings. The second kappa shape index (κ2) is 7.60. The summed E-state index contributed by atoms with van der Waals surface area (Å²) >= 11 is 0. The number of carbonyl (C=O) groups is 1. The topological polar surface area (TPSA) is 61.4 Å². The second-order valence-corrected chi connectivity index (χ2v) is 6.51. The Balaban J connectivity index is 1.69. The van der Waals surface area contributed by atoms with Gasteiger partial charge in [0.25, 0.3) is 0 Å². The summed E-state index contributed by atoms with van der Waals surface area (Å²) in [4.78, 5) is 12.5. The molecule has 3 rings (SSSR count). The van der Waals surface area contributed by atoms with Gasteiger partial charge in [0.05, 0.1) is 5.60 Å². The molecule has 2 aromatic rings. The Labute approximate surface area is 142 Å². The molecule has 1 saturated heterocycles. The summed E-state index contributed by atoms with van der Waals surface area (Å²) in [6.07, 6.45) is 1.05. The predicted molar refractivity (Wildman–Crippen MR) is 94.8 cm³/mol. The number of amides is 1. The molecule has 1 heterocycles. The number of nitrogens with one attached hydrogen (secondary N) is 2. The summed E-state index contributed by atoms with van der Waals surface area (Å²) in [5.41, 5.74) is 1.44. The molecule has 2 aromatic carbocycles. The van der Waals surface area contributed by atoms with Crippen molar-refractivity contribution < 1.29 is 9.90 Å². The largest absolute Gasteiger partial charge is 0.387 e. The van der Waals surface area contributed by atoms with Gasteiger partial charge in [-0.25, -0.2) is 0 Å². The second-order valence-electron chi connectivity index (χ2n) is 6.51. The highest BCUT2D eigenvalue weighted by atomic mass is 16.3. The maximum Gasteiger partial charge on any atom is 0.221 e. The minimum atomic E-state index is -0.815. The normalized spacial score (nSPS) is 20.2. The first kappa shape index (κ1) is 16.7. The van der Waals surface area contributed by atoms with Gasteiger partial charge in [-0.1, -0.05) is 60.7 Å². The molecule has 3 N–H and O–H groups in total. The van der Waals surface area contributed by atoms with Gasteiger partial charge in [-0.05, 0) is 24.1 Å². The minimum Gasteiger partial charge on any atom is -0.387 e. The van der Waals surface area contributed by atoms with Crippen molar-refractivity contribution in [3.05, 3.63) is 71.8 Å². The molecule has 1 amide bonds. The van der Waals surface area contributed by atoms with Gasteiger partial charge in [0.1, 0.15) is 0 Å². The Morgan fingerprint density at radius 2 is 1.67 bits per heavy atom.